The van der Waals surface area contributed by atoms with Crippen molar-refractivity contribution in [2.45, 2.75) is 155 Å². The van der Waals surface area contributed by atoms with Crippen molar-refractivity contribution in [2.24, 2.45) is 0 Å². The lowest BCUT2D eigenvalue weighted by molar-refractivity contribution is -0.142. The van der Waals surface area contributed by atoms with E-state index in [4.69, 9.17) is 0 Å². The van der Waals surface area contributed by atoms with Gasteiger partial charge >= 0.3 is 5.97 Å². The van der Waals surface area contributed by atoms with Gasteiger partial charge in [0.2, 0.25) is 11.8 Å². The standard InChI is InChI=1S/C29H54N2O5/c1-3-5-6-7-8-9-10-11-12-13-14-15-18-21-28(34)31-26(29(35)36)22-23-27(33)30-24-19-16-17-20-25(32)4-2/h26H,3-24H2,1-2H3,(H,30,33)(H,31,34)(H,35,36). The number of Topliss-reactive ketones (excluding diaryl/α,β-unsaturated/α-hetero) is 1. The summed E-state index contributed by atoms with van der Waals surface area (Å²) in [4.78, 5) is 46.9. The second-order valence-electron chi connectivity index (χ2n) is 10.0. The Morgan fingerprint density at radius 1 is 0.611 bits per heavy atom. The molecular weight excluding hydrogens is 456 g/mol. The third kappa shape index (κ3) is 22.5. The van der Waals surface area contributed by atoms with Gasteiger partial charge in [-0.15, -0.1) is 0 Å². The Labute approximate surface area is 219 Å². The van der Waals surface area contributed by atoms with Crippen LogP contribution in [0.2, 0.25) is 0 Å². The van der Waals surface area contributed by atoms with E-state index in [1.165, 1.54) is 64.2 Å². The van der Waals surface area contributed by atoms with Gasteiger partial charge < -0.3 is 15.7 Å². The van der Waals surface area contributed by atoms with Crippen molar-refractivity contribution in [1.29, 1.82) is 0 Å². The van der Waals surface area contributed by atoms with Gasteiger partial charge in [0, 0.05) is 32.2 Å². The maximum absolute atomic E-state index is 12.1. The van der Waals surface area contributed by atoms with E-state index in [0.29, 0.717) is 25.8 Å². The number of hydrogen-bond donors (Lipinski definition) is 3. The summed E-state index contributed by atoms with van der Waals surface area (Å²) in [7, 11) is 0. The average Bonchev–Trinajstić information content (AvgIpc) is 2.86. The number of carboxylic acid groups (broad SMARTS) is 1. The number of unbranched alkanes of at least 4 members (excludes halogenated alkanes) is 14. The molecule has 0 saturated heterocycles. The predicted molar refractivity (Wildman–Crippen MR) is 146 cm³/mol. The van der Waals surface area contributed by atoms with Crippen LogP contribution in [0.15, 0.2) is 0 Å². The van der Waals surface area contributed by atoms with Crippen LogP contribution in [0.5, 0.6) is 0 Å². The summed E-state index contributed by atoms with van der Waals surface area (Å²) in [6.07, 6.45) is 20.1. The molecule has 0 saturated carbocycles. The topological polar surface area (TPSA) is 113 Å². The summed E-state index contributed by atoms with van der Waals surface area (Å²) in [6.45, 7) is 4.62. The fraction of sp³-hybridized carbons (Fsp3) is 0.862. The van der Waals surface area contributed by atoms with E-state index in [-0.39, 0.29) is 30.4 Å². The van der Waals surface area contributed by atoms with Crippen LogP contribution in [0.25, 0.3) is 0 Å². The molecule has 36 heavy (non-hydrogen) atoms. The molecule has 0 heterocycles. The van der Waals surface area contributed by atoms with Crippen LogP contribution >= 0.6 is 0 Å². The number of carbonyl (C=O) groups excluding carboxylic acids is 3. The molecule has 0 rings (SSSR count). The van der Waals surface area contributed by atoms with Crippen LogP contribution in [0.1, 0.15) is 149 Å². The Morgan fingerprint density at radius 3 is 1.64 bits per heavy atom. The highest BCUT2D eigenvalue weighted by Crippen LogP contribution is 2.13. The normalized spacial score (nSPS) is 11.7. The fourth-order valence-electron chi connectivity index (χ4n) is 4.22. The zero-order valence-electron chi connectivity index (χ0n) is 23.2. The van der Waals surface area contributed by atoms with Gasteiger partial charge in [0.25, 0.3) is 0 Å². The van der Waals surface area contributed by atoms with Crippen LogP contribution < -0.4 is 10.6 Å². The number of ketones is 1. The van der Waals surface area contributed by atoms with Gasteiger partial charge in [-0.3, -0.25) is 14.4 Å². The van der Waals surface area contributed by atoms with Crippen LogP contribution in [0, 0.1) is 0 Å². The van der Waals surface area contributed by atoms with E-state index in [0.717, 1.165) is 38.5 Å². The highest BCUT2D eigenvalue weighted by molar-refractivity contribution is 5.84. The van der Waals surface area contributed by atoms with Gasteiger partial charge in [-0.1, -0.05) is 97.3 Å². The van der Waals surface area contributed by atoms with Crippen molar-refractivity contribution in [1.82, 2.24) is 10.6 Å². The average molecular weight is 511 g/mol. The molecule has 3 N–H and O–H groups in total. The SMILES string of the molecule is CCCCCCCCCCCCCCCC(=O)NC(CCC(=O)NCCCCCC(=O)CC)C(=O)O. The molecule has 0 aliphatic carbocycles. The van der Waals surface area contributed by atoms with Crippen LogP contribution in [0.3, 0.4) is 0 Å². The van der Waals surface area contributed by atoms with Crippen molar-refractivity contribution in [3.63, 3.8) is 0 Å². The third-order valence-corrected chi connectivity index (χ3v) is 6.65. The number of carboxylic acids is 1. The van der Waals surface area contributed by atoms with Crippen molar-refractivity contribution in [2.75, 3.05) is 6.54 Å². The summed E-state index contributed by atoms with van der Waals surface area (Å²) in [5, 5.41) is 14.7. The van der Waals surface area contributed by atoms with E-state index in [1.54, 1.807) is 0 Å². The minimum atomic E-state index is -1.11. The molecule has 1 unspecified atom stereocenters. The summed E-state index contributed by atoms with van der Waals surface area (Å²) >= 11 is 0. The first-order chi connectivity index (χ1) is 17.4. The molecule has 0 aromatic heterocycles. The largest absolute Gasteiger partial charge is 0.480 e. The molecule has 0 aromatic rings. The minimum absolute atomic E-state index is 0.0598. The summed E-state index contributed by atoms with van der Waals surface area (Å²) in [5.41, 5.74) is 0. The lowest BCUT2D eigenvalue weighted by Gasteiger charge is -2.14. The number of amides is 2. The van der Waals surface area contributed by atoms with Gasteiger partial charge in [0.1, 0.15) is 11.8 Å². The Morgan fingerprint density at radius 2 is 1.11 bits per heavy atom. The van der Waals surface area contributed by atoms with Gasteiger partial charge in [0.15, 0.2) is 0 Å². The smallest absolute Gasteiger partial charge is 0.326 e. The van der Waals surface area contributed by atoms with E-state index in [9.17, 15) is 24.3 Å². The lowest BCUT2D eigenvalue weighted by Crippen LogP contribution is -2.41. The van der Waals surface area contributed by atoms with Crippen LogP contribution in [-0.2, 0) is 19.2 Å². The molecule has 0 aromatic carbocycles. The second kappa shape index (κ2) is 24.8. The van der Waals surface area contributed by atoms with Crippen molar-refractivity contribution < 1.29 is 24.3 Å². The monoisotopic (exact) mass is 510 g/mol. The Balaban J connectivity index is 3.75. The van der Waals surface area contributed by atoms with Gasteiger partial charge in [-0.25, -0.2) is 4.79 Å². The zero-order valence-corrected chi connectivity index (χ0v) is 23.2. The van der Waals surface area contributed by atoms with Crippen molar-refractivity contribution >= 4 is 23.6 Å². The fourth-order valence-corrected chi connectivity index (χ4v) is 4.22. The molecule has 7 nitrogen and oxygen atoms in total. The van der Waals surface area contributed by atoms with E-state index in [1.807, 2.05) is 6.92 Å². The van der Waals surface area contributed by atoms with E-state index >= 15 is 0 Å². The van der Waals surface area contributed by atoms with E-state index in [2.05, 4.69) is 17.6 Å². The highest BCUT2D eigenvalue weighted by atomic mass is 16.4. The molecule has 0 radical (unpaired) electrons. The maximum atomic E-state index is 12.1. The Bertz CT molecular complexity index is 594. The summed E-state index contributed by atoms with van der Waals surface area (Å²) in [6, 6.07) is -1.04. The predicted octanol–water partition coefficient (Wildman–Crippen LogP) is 6.47. The zero-order chi connectivity index (χ0) is 26.9. The van der Waals surface area contributed by atoms with Crippen LogP contribution in [-0.4, -0.2) is 41.3 Å². The quantitative estimate of drug-likeness (QED) is 0.115. The number of hydrogen-bond acceptors (Lipinski definition) is 4. The van der Waals surface area contributed by atoms with Crippen molar-refractivity contribution in [3.05, 3.63) is 0 Å². The molecule has 0 aliphatic rings. The Hall–Kier alpha value is -1.92. The third-order valence-electron chi connectivity index (χ3n) is 6.65. The molecule has 0 spiro atoms. The number of nitrogens with one attached hydrogen (secondary N) is 2. The molecule has 2 amide bonds. The first-order valence-electron chi connectivity index (χ1n) is 14.7. The molecule has 0 fully saturated rings. The first kappa shape index (κ1) is 34.1. The number of aliphatic carboxylic acids is 1. The van der Waals surface area contributed by atoms with Gasteiger partial charge in [-0.2, -0.15) is 0 Å². The summed E-state index contributed by atoms with van der Waals surface area (Å²) < 4.78 is 0. The molecule has 210 valence electrons. The Kier molecular flexibility index (Phi) is 23.4. The second-order valence-corrected chi connectivity index (χ2v) is 10.0. The highest BCUT2D eigenvalue weighted by Gasteiger charge is 2.20. The molecule has 0 aliphatic heterocycles. The number of rotatable bonds is 26. The lowest BCUT2D eigenvalue weighted by atomic mass is 10.0. The molecule has 7 heteroatoms. The molecular formula is C29H54N2O5. The van der Waals surface area contributed by atoms with Gasteiger partial charge in [0.05, 0.1) is 0 Å². The van der Waals surface area contributed by atoms with E-state index < -0.39 is 12.0 Å². The molecule has 0 bridgehead atoms. The maximum Gasteiger partial charge on any atom is 0.326 e. The number of carbonyl (C=O) groups is 4. The molecule has 1 atom stereocenters. The first-order valence-corrected chi connectivity index (χ1v) is 14.7. The van der Waals surface area contributed by atoms with Crippen molar-refractivity contribution in [3.8, 4) is 0 Å². The minimum Gasteiger partial charge on any atom is -0.480 e. The van der Waals surface area contributed by atoms with Gasteiger partial charge in [-0.05, 0) is 25.7 Å². The summed E-state index contributed by atoms with van der Waals surface area (Å²) in [5.74, 6) is -1.32. The van der Waals surface area contributed by atoms with Crippen LogP contribution in [0.4, 0.5) is 0 Å².